The Morgan fingerprint density at radius 3 is 2.55 bits per heavy atom. The first kappa shape index (κ1) is 18.8. The van der Waals surface area contributed by atoms with Gasteiger partial charge in [-0.15, -0.1) is 0 Å². The number of imide groups is 1. The number of carbonyl (C=O) groups excluding carboxylic acids is 2. The SMILES string of the molecule is CC[C@@]1(c2ccc(F)cc2)NC(=O)N(Cc2nc(-c3ccccc3C)no2)C1=O. The average molecular weight is 394 g/mol. The Bertz CT molecular complexity index is 1080. The highest BCUT2D eigenvalue weighted by molar-refractivity contribution is 6.07. The van der Waals surface area contributed by atoms with Crippen molar-refractivity contribution < 1.29 is 18.5 Å². The second-order valence-corrected chi connectivity index (χ2v) is 6.91. The molecular weight excluding hydrogens is 375 g/mol. The molecule has 1 aromatic heterocycles. The molecule has 148 valence electrons. The monoisotopic (exact) mass is 394 g/mol. The number of amides is 3. The van der Waals surface area contributed by atoms with Crippen LogP contribution in [0.5, 0.6) is 0 Å². The lowest BCUT2D eigenvalue weighted by atomic mass is 9.87. The highest BCUT2D eigenvalue weighted by Crippen LogP contribution is 2.33. The molecule has 0 radical (unpaired) electrons. The zero-order valence-corrected chi connectivity index (χ0v) is 16.0. The van der Waals surface area contributed by atoms with Gasteiger partial charge in [0.15, 0.2) is 0 Å². The van der Waals surface area contributed by atoms with Crippen LogP contribution in [0.25, 0.3) is 11.4 Å². The zero-order valence-electron chi connectivity index (χ0n) is 16.0. The Morgan fingerprint density at radius 1 is 1.14 bits per heavy atom. The van der Waals surface area contributed by atoms with E-state index in [2.05, 4.69) is 15.5 Å². The molecule has 0 aliphatic carbocycles. The van der Waals surface area contributed by atoms with E-state index < -0.39 is 23.3 Å². The van der Waals surface area contributed by atoms with Crippen LogP contribution in [0.2, 0.25) is 0 Å². The van der Waals surface area contributed by atoms with Gasteiger partial charge in [0.05, 0.1) is 0 Å². The van der Waals surface area contributed by atoms with Gasteiger partial charge in [0.25, 0.3) is 5.91 Å². The van der Waals surface area contributed by atoms with E-state index in [9.17, 15) is 14.0 Å². The summed E-state index contributed by atoms with van der Waals surface area (Å²) >= 11 is 0. The third kappa shape index (κ3) is 3.16. The molecule has 29 heavy (non-hydrogen) atoms. The highest BCUT2D eigenvalue weighted by atomic mass is 19.1. The predicted molar refractivity (Wildman–Crippen MR) is 102 cm³/mol. The van der Waals surface area contributed by atoms with E-state index in [1.165, 1.54) is 24.3 Å². The van der Waals surface area contributed by atoms with Gasteiger partial charge in [0, 0.05) is 5.56 Å². The van der Waals surface area contributed by atoms with Gasteiger partial charge in [0.1, 0.15) is 17.9 Å². The molecular formula is C21H19FN4O3. The van der Waals surface area contributed by atoms with Crippen molar-refractivity contribution in [3.63, 3.8) is 0 Å². The number of carbonyl (C=O) groups is 2. The molecule has 2 aromatic carbocycles. The first-order valence-corrected chi connectivity index (χ1v) is 9.23. The molecule has 0 bridgehead atoms. The molecule has 1 aliphatic rings. The minimum Gasteiger partial charge on any atom is -0.337 e. The van der Waals surface area contributed by atoms with Gasteiger partial charge in [-0.25, -0.2) is 9.18 Å². The zero-order chi connectivity index (χ0) is 20.6. The number of halogens is 1. The fourth-order valence-electron chi connectivity index (χ4n) is 3.53. The lowest BCUT2D eigenvalue weighted by Crippen LogP contribution is -2.43. The summed E-state index contributed by atoms with van der Waals surface area (Å²) in [5.74, 6) is -0.307. The third-order valence-corrected chi connectivity index (χ3v) is 5.19. The van der Waals surface area contributed by atoms with Crippen molar-refractivity contribution in [1.82, 2.24) is 20.4 Å². The molecule has 3 amide bonds. The molecule has 4 rings (SSSR count). The Labute approximate surface area is 166 Å². The van der Waals surface area contributed by atoms with E-state index >= 15 is 0 Å². The molecule has 0 saturated carbocycles. The van der Waals surface area contributed by atoms with E-state index in [4.69, 9.17) is 4.52 Å². The summed E-state index contributed by atoms with van der Waals surface area (Å²) in [5, 5.41) is 6.71. The number of benzene rings is 2. The maximum Gasteiger partial charge on any atom is 0.325 e. The van der Waals surface area contributed by atoms with Crippen LogP contribution in [0.4, 0.5) is 9.18 Å². The number of nitrogens with zero attached hydrogens (tertiary/aromatic N) is 3. The summed E-state index contributed by atoms with van der Waals surface area (Å²) in [6.07, 6.45) is 0.317. The van der Waals surface area contributed by atoms with Crippen LogP contribution in [0.3, 0.4) is 0 Å². The standard InChI is InChI=1S/C21H19FN4O3/c1-3-21(14-8-10-15(22)11-9-14)19(27)26(20(28)24-21)12-17-23-18(25-29-17)16-7-5-4-6-13(16)2/h4-11H,3,12H2,1-2H3,(H,24,28)/t21-/m0/s1. The predicted octanol–water partition coefficient (Wildman–Crippen LogP) is 3.54. The molecule has 2 heterocycles. The highest BCUT2D eigenvalue weighted by Gasteiger charge is 2.51. The van der Waals surface area contributed by atoms with Gasteiger partial charge in [0.2, 0.25) is 11.7 Å². The smallest absolute Gasteiger partial charge is 0.325 e. The molecule has 8 heteroatoms. The van der Waals surface area contributed by atoms with Crippen molar-refractivity contribution in [2.24, 2.45) is 0 Å². The van der Waals surface area contributed by atoms with Gasteiger partial charge in [-0.1, -0.05) is 48.5 Å². The summed E-state index contributed by atoms with van der Waals surface area (Å²) in [6.45, 7) is 3.57. The lowest BCUT2D eigenvalue weighted by Gasteiger charge is -2.25. The van der Waals surface area contributed by atoms with E-state index in [1.807, 2.05) is 31.2 Å². The largest absolute Gasteiger partial charge is 0.337 e. The molecule has 0 spiro atoms. The van der Waals surface area contributed by atoms with Crippen LogP contribution in [-0.2, 0) is 16.9 Å². The number of nitrogens with one attached hydrogen (secondary N) is 1. The van der Waals surface area contributed by atoms with E-state index in [-0.39, 0.29) is 12.4 Å². The van der Waals surface area contributed by atoms with Gasteiger partial charge < -0.3 is 9.84 Å². The summed E-state index contributed by atoms with van der Waals surface area (Å²) in [6, 6.07) is 12.6. The minimum absolute atomic E-state index is 0.146. The van der Waals surface area contributed by atoms with Crippen molar-refractivity contribution in [1.29, 1.82) is 0 Å². The molecule has 0 unspecified atom stereocenters. The van der Waals surface area contributed by atoms with Crippen molar-refractivity contribution in [3.8, 4) is 11.4 Å². The molecule has 1 saturated heterocycles. The van der Waals surface area contributed by atoms with Crippen LogP contribution in [0.15, 0.2) is 53.1 Å². The molecule has 1 N–H and O–H groups in total. The topological polar surface area (TPSA) is 88.3 Å². The molecule has 1 atom stereocenters. The Balaban J connectivity index is 1.60. The van der Waals surface area contributed by atoms with Gasteiger partial charge in [-0.2, -0.15) is 4.98 Å². The Kier molecular flexibility index (Phi) is 4.62. The van der Waals surface area contributed by atoms with E-state index in [0.29, 0.717) is 17.8 Å². The summed E-state index contributed by atoms with van der Waals surface area (Å²) in [4.78, 5) is 31.1. The number of hydrogen-bond donors (Lipinski definition) is 1. The quantitative estimate of drug-likeness (QED) is 0.669. The minimum atomic E-state index is -1.25. The summed E-state index contributed by atoms with van der Waals surface area (Å²) in [5.41, 5.74) is 1.07. The van der Waals surface area contributed by atoms with Crippen molar-refractivity contribution in [2.75, 3.05) is 0 Å². The molecule has 1 aliphatic heterocycles. The second-order valence-electron chi connectivity index (χ2n) is 6.91. The van der Waals surface area contributed by atoms with Crippen LogP contribution >= 0.6 is 0 Å². The van der Waals surface area contributed by atoms with Crippen LogP contribution in [-0.4, -0.2) is 27.0 Å². The maximum atomic E-state index is 13.3. The molecule has 1 fully saturated rings. The van der Waals surface area contributed by atoms with E-state index in [0.717, 1.165) is 16.0 Å². The number of urea groups is 1. The molecule has 3 aromatic rings. The van der Waals surface area contributed by atoms with E-state index in [1.54, 1.807) is 6.92 Å². The van der Waals surface area contributed by atoms with Crippen molar-refractivity contribution in [2.45, 2.75) is 32.4 Å². The molecule has 7 nitrogen and oxygen atoms in total. The van der Waals surface area contributed by atoms with Gasteiger partial charge in [-0.3, -0.25) is 9.69 Å². The fourth-order valence-corrected chi connectivity index (χ4v) is 3.53. The maximum absolute atomic E-state index is 13.3. The Morgan fingerprint density at radius 2 is 1.86 bits per heavy atom. The van der Waals surface area contributed by atoms with Crippen LogP contribution in [0.1, 0.15) is 30.4 Å². The summed E-state index contributed by atoms with van der Waals surface area (Å²) < 4.78 is 18.6. The first-order valence-electron chi connectivity index (χ1n) is 9.23. The number of aryl methyl sites for hydroxylation is 1. The second kappa shape index (κ2) is 7.12. The Hall–Kier alpha value is -3.55. The van der Waals surface area contributed by atoms with Crippen molar-refractivity contribution >= 4 is 11.9 Å². The third-order valence-electron chi connectivity index (χ3n) is 5.19. The van der Waals surface area contributed by atoms with Crippen LogP contribution < -0.4 is 5.32 Å². The normalized spacial score (nSPS) is 18.9. The van der Waals surface area contributed by atoms with Crippen LogP contribution in [0, 0.1) is 12.7 Å². The summed E-state index contributed by atoms with van der Waals surface area (Å²) in [7, 11) is 0. The van der Waals surface area contributed by atoms with Gasteiger partial charge >= 0.3 is 6.03 Å². The number of rotatable bonds is 5. The number of hydrogen-bond acceptors (Lipinski definition) is 5. The fraction of sp³-hybridized carbons (Fsp3) is 0.238. The number of aromatic nitrogens is 2. The first-order chi connectivity index (χ1) is 13.9. The van der Waals surface area contributed by atoms with Gasteiger partial charge in [-0.05, 0) is 36.6 Å². The van der Waals surface area contributed by atoms with Crippen molar-refractivity contribution in [3.05, 3.63) is 71.4 Å². The average Bonchev–Trinajstić information content (AvgIpc) is 3.28. The lowest BCUT2D eigenvalue weighted by molar-refractivity contribution is -0.132.